The molecule has 2 aromatic carbocycles. The number of rotatable bonds is 5. The van der Waals surface area contributed by atoms with Gasteiger partial charge in [-0.3, -0.25) is 14.5 Å². The molecule has 1 atom stereocenters. The number of carbonyl (C=O) groups is 2. The number of hydrogen-bond donors (Lipinski definition) is 1. The molecule has 0 bridgehead atoms. The summed E-state index contributed by atoms with van der Waals surface area (Å²) in [5.74, 6) is 1.31. The van der Waals surface area contributed by atoms with Crippen molar-refractivity contribution in [1.82, 2.24) is 0 Å². The molecule has 4 nitrogen and oxygen atoms in total. The molecular formula is C25H30N2O2S. The lowest BCUT2D eigenvalue weighted by molar-refractivity contribution is -0.120. The Balaban J connectivity index is 1.52. The lowest BCUT2D eigenvalue weighted by Gasteiger charge is -2.25. The van der Waals surface area contributed by atoms with Crippen LogP contribution in [0.25, 0.3) is 0 Å². The van der Waals surface area contributed by atoms with Gasteiger partial charge in [-0.1, -0.05) is 57.4 Å². The molecule has 1 saturated carbocycles. The van der Waals surface area contributed by atoms with Crippen molar-refractivity contribution in [3.63, 3.8) is 0 Å². The van der Waals surface area contributed by atoms with E-state index in [9.17, 15) is 9.59 Å². The number of carbonyl (C=O) groups excluding carboxylic acids is 2. The van der Waals surface area contributed by atoms with Gasteiger partial charge in [0.05, 0.1) is 5.75 Å². The minimum atomic E-state index is -0.0751. The Hall–Kier alpha value is -2.27. The minimum absolute atomic E-state index is 0.0751. The molecule has 1 N–H and O–H groups in total. The standard InChI is InChI=1S/C25H30N2O2S/c1-17(2)18-11-13-22(14-12-18)27-23(28)16-30-25(27)20-9-6-10-21(15-20)26-24(29)19-7-4-3-5-8-19/h6,9-15,17,19,25H,3-5,7-8,16H2,1-2H3,(H,26,29). The second-order valence-electron chi connectivity index (χ2n) is 8.62. The van der Waals surface area contributed by atoms with Crippen molar-refractivity contribution in [1.29, 1.82) is 0 Å². The molecule has 2 amide bonds. The highest BCUT2D eigenvalue weighted by Crippen LogP contribution is 2.42. The summed E-state index contributed by atoms with van der Waals surface area (Å²) in [7, 11) is 0. The zero-order valence-electron chi connectivity index (χ0n) is 17.8. The van der Waals surface area contributed by atoms with Gasteiger partial charge < -0.3 is 5.32 Å². The Labute approximate surface area is 183 Å². The molecule has 1 unspecified atom stereocenters. The molecule has 5 heteroatoms. The summed E-state index contributed by atoms with van der Waals surface area (Å²) >= 11 is 1.64. The van der Waals surface area contributed by atoms with Crippen molar-refractivity contribution < 1.29 is 9.59 Å². The van der Waals surface area contributed by atoms with Gasteiger partial charge in [0.25, 0.3) is 0 Å². The molecule has 0 radical (unpaired) electrons. The second kappa shape index (κ2) is 9.25. The zero-order valence-corrected chi connectivity index (χ0v) is 18.6. The minimum Gasteiger partial charge on any atom is -0.326 e. The van der Waals surface area contributed by atoms with Crippen LogP contribution in [0.5, 0.6) is 0 Å². The molecule has 2 aliphatic rings. The fourth-order valence-electron chi connectivity index (χ4n) is 4.35. The Bertz CT molecular complexity index is 904. The van der Waals surface area contributed by atoms with Gasteiger partial charge >= 0.3 is 0 Å². The largest absolute Gasteiger partial charge is 0.326 e. The highest BCUT2D eigenvalue weighted by atomic mass is 32.2. The third-order valence-electron chi connectivity index (χ3n) is 6.12. The molecule has 1 aliphatic heterocycles. The first kappa shape index (κ1) is 21.0. The third-order valence-corrected chi connectivity index (χ3v) is 7.33. The lowest BCUT2D eigenvalue weighted by Crippen LogP contribution is -2.28. The monoisotopic (exact) mass is 422 g/mol. The fourth-order valence-corrected chi connectivity index (χ4v) is 5.52. The molecule has 4 rings (SSSR count). The van der Waals surface area contributed by atoms with Gasteiger partial charge in [0.2, 0.25) is 11.8 Å². The lowest BCUT2D eigenvalue weighted by atomic mass is 9.88. The summed E-state index contributed by atoms with van der Waals surface area (Å²) in [4.78, 5) is 27.2. The second-order valence-corrected chi connectivity index (χ2v) is 9.69. The third kappa shape index (κ3) is 4.56. The van der Waals surface area contributed by atoms with Crippen LogP contribution in [0.15, 0.2) is 48.5 Å². The van der Waals surface area contributed by atoms with Crippen LogP contribution < -0.4 is 10.2 Å². The maximum absolute atomic E-state index is 12.7. The van der Waals surface area contributed by atoms with E-state index in [0.29, 0.717) is 11.7 Å². The SMILES string of the molecule is CC(C)c1ccc(N2C(=O)CSC2c2cccc(NC(=O)C3CCCCC3)c2)cc1. The van der Waals surface area contributed by atoms with E-state index in [2.05, 4.69) is 31.3 Å². The van der Waals surface area contributed by atoms with Crippen molar-refractivity contribution >= 4 is 35.0 Å². The molecule has 158 valence electrons. The van der Waals surface area contributed by atoms with Crippen molar-refractivity contribution in [2.45, 2.75) is 57.2 Å². The molecule has 1 aliphatic carbocycles. The van der Waals surface area contributed by atoms with Crippen molar-refractivity contribution in [2.75, 3.05) is 16.0 Å². The quantitative estimate of drug-likeness (QED) is 0.633. The molecule has 1 heterocycles. The first-order valence-corrected chi connectivity index (χ1v) is 12.0. The first-order valence-electron chi connectivity index (χ1n) is 11.0. The van der Waals surface area contributed by atoms with Gasteiger partial charge in [0.1, 0.15) is 5.37 Å². The fraction of sp³-hybridized carbons (Fsp3) is 0.440. The Morgan fingerprint density at radius 3 is 2.50 bits per heavy atom. The topological polar surface area (TPSA) is 49.4 Å². The number of anilines is 2. The molecule has 2 aromatic rings. The molecule has 2 fully saturated rings. The van der Waals surface area contributed by atoms with E-state index in [4.69, 9.17) is 0 Å². The average Bonchev–Trinajstić information content (AvgIpc) is 3.16. The summed E-state index contributed by atoms with van der Waals surface area (Å²) in [6.07, 6.45) is 5.49. The highest BCUT2D eigenvalue weighted by Gasteiger charge is 2.34. The van der Waals surface area contributed by atoms with Gasteiger partial charge in [-0.25, -0.2) is 0 Å². The number of benzene rings is 2. The number of amides is 2. The van der Waals surface area contributed by atoms with Gasteiger partial charge in [-0.05, 0) is 54.2 Å². The van der Waals surface area contributed by atoms with Crippen LogP contribution in [-0.4, -0.2) is 17.6 Å². The number of nitrogens with one attached hydrogen (secondary N) is 1. The first-order chi connectivity index (χ1) is 14.5. The van der Waals surface area contributed by atoms with Crippen LogP contribution >= 0.6 is 11.8 Å². The number of hydrogen-bond acceptors (Lipinski definition) is 3. The zero-order chi connectivity index (χ0) is 21.1. The maximum atomic E-state index is 12.7. The van der Waals surface area contributed by atoms with Crippen molar-refractivity contribution in [2.24, 2.45) is 5.92 Å². The van der Waals surface area contributed by atoms with Crippen LogP contribution in [0.3, 0.4) is 0 Å². The summed E-state index contributed by atoms with van der Waals surface area (Å²) in [5.41, 5.74) is 4.05. The Kier molecular flexibility index (Phi) is 6.47. The van der Waals surface area contributed by atoms with Gasteiger partial charge in [0, 0.05) is 17.3 Å². The van der Waals surface area contributed by atoms with E-state index >= 15 is 0 Å². The van der Waals surface area contributed by atoms with Gasteiger partial charge in [-0.2, -0.15) is 0 Å². The molecule has 30 heavy (non-hydrogen) atoms. The molecule has 1 saturated heterocycles. The molecule has 0 spiro atoms. The van der Waals surface area contributed by atoms with Crippen LogP contribution in [0.2, 0.25) is 0 Å². The van der Waals surface area contributed by atoms with E-state index in [1.54, 1.807) is 11.8 Å². The number of thioether (sulfide) groups is 1. The van der Waals surface area contributed by atoms with Gasteiger partial charge in [0.15, 0.2) is 0 Å². The van der Waals surface area contributed by atoms with E-state index in [0.717, 1.165) is 42.6 Å². The molecule has 0 aromatic heterocycles. The predicted octanol–water partition coefficient (Wildman–Crippen LogP) is 6.11. The van der Waals surface area contributed by atoms with Crippen LogP contribution in [0, 0.1) is 5.92 Å². The molecular weight excluding hydrogens is 392 g/mol. The summed E-state index contributed by atoms with van der Waals surface area (Å²) in [6, 6.07) is 16.3. The van der Waals surface area contributed by atoms with E-state index in [1.807, 2.05) is 41.3 Å². The Morgan fingerprint density at radius 2 is 1.80 bits per heavy atom. The van der Waals surface area contributed by atoms with Crippen LogP contribution in [0.4, 0.5) is 11.4 Å². The highest BCUT2D eigenvalue weighted by molar-refractivity contribution is 8.00. The predicted molar refractivity (Wildman–Crippen MR) is 125 cm³/mol. The average molecular weight is 423 g/mol. The van der Waals surface area contributed by atoms with E-state index < -0.39 is 0 Å². The van der Waals surface area contributed by atoms with Crippen LogP contribution in [-0.2, 0) is 9.59 Å². The summed E-state index contributed by atoms with van der Waals surface area (Å²) in [6.45, 7) is 4.34. The summed E-state index contributed by atoms with van der Waals surface area (Å²) in [5, 5.41) is 3.03. The normalized spacial score (nSPS) is 20.0. The van der Waals surface area contributed by atoms with Crippen molar-refractivity contribution in [3.8, 4) is 0 Å². The Morgan fingerprint density at radius 1 is 1.07 bits per heavy atom. The van der Waals surface area contributed by atoms with Crippen LogP contribution in [0.1, 0.15) is 68.4 Å². The smallest absolute Gasteiger partial charge is 0.238 e. The maximum Gasteiger partial charge on any atom is 0.238 e. The summed E-state index contributed by atoms with van der Waals surface area (Å²) < 4.78 is 0. The van der Waals surface area contributed by atoms with Crippen molar-refractivity contribution in [3.05, 3.63) is 59.7 Å². The van der Waals surface area contributed by atoms with E-state index in [1.165, 1.54) is 12.0 Å². The van der Waals surface area contributed by atoms with E-state index in [-0.39, 0.29) is 23.1 Å². The number of nitrogens with zero attached hydrogens (tertiary/aromatic N) is 1. The van der Waals surface area contributed by atoms with Gasteiger partial charge in [-0.15, -0.1) is 11.8 Å².